The highest BCUT2D eigenvalue weighted by atomic mass is 32.2. The number of hydrogen-bond donors (Lipinski definition) is 0. The van der Waals surface area contributed by atoms with Crippen molar-refractivity contribution in [2.45, 2.75) is 0 Å². The number of thiophene rings is 1. The fourth-order valence-electron chi connectivity index (χ4n) is 1.22. The van der Waals surface area contributed by atoms with E-state index in [0.29, 0.717) is 0 Å². The van der Waals surface area contributed by atoms with Crippen molar-refractivity contribution in [2.75, 3.05) is 6.26 Å². The summed E-state index contributed by atoms with van der Waals surface area (Å²) in [6.45, 7) is 4.01. The molecule has 1 heterocycles. The van der Waals surface area contributed by atoms with Crippen molar-refractivity contribution in [3.05, 3.63) is 41.8 Å². The van der Waals surface area contributed by atoms with Gasteiger partial charge in [-0.2, -0.15) is 0 Å². The zero-order chi connectivity index (χ0) is 9.26. The first-order chi connectivity index (χ1) is 6.31. The van der Waals surface area contributed by atoms with Gasteiger partial charge in [0.25, 0.3) is 0 Å². The summed E-state index contributed by atoms with van der Waals surface area (Å²) in [5, 5.41) is 1.32. The summed E-state index contributed by atoms with van der Waals surface area (Å²) in [5.74, 6) is 0. The van der Waals surface area contributed by atoms with Gasteiger partial charge in [-0.15, -0.1) is 23.1 Å². The Balaban J connectivity index is 2.56. The number of fused-ring (bicyclic) bond motifs is 1. The third-order valence-corrected chi connectivity index (χ3v) is 3.96. The molecule has 0 unspecified atom stereocenters. The lowest BCUT2D eigenvalue weighted by Gasteiger charge is -1.93. The van der Waals surface area contributed by atoms with Gasteiger partial charge in [-0.05, 0) is 23.8 Å². The monoisotopic (exact) mass is 206 g/mol. The second-order valence-electron chi connectivity index (χ2n) is 2.78. The quantitative estimate of drug-likeness (QED) is 0.708. The van der Waals surface area contributed by atoms with Crippen molar-refractivity contribution in [1.29, 1.82) is 0 Å². The van der Waals surface area contributed by atoms with E-state index in [9.17, 15) is 0 Å². The molecule has 0 bridgehead atoms. The van der Waals surface area contributed by atoms with Crippen molar-refractivity contribution in [3.63, 3.8) is 0 Å². The van der Waals surface area contributed by atoms with Crippen molar-refractivity contribution < 1.29 is 0 Å². The second-order valence-corrected chi connectivity index (χ2v) is 4.76. The van der Waals surface area contributed by atoms with E-state index in [1.54, 1.807) is 11.8 Å². The van der Waals surface area contributed by atoms with Gasteiger partial charge >= 0.3 is 0 Å². The molecule has 0 atom stereocenters. The van der Waals surface area contributed by atoms with Gasteiger partial charge in [-0.3, -0.25) is 0 Å². The lowest BCUT2D eigenvalue weighted by Crippen LogP contribution is -1.65. The topological polar surface area (TPSA) is 0 Å². The summed E-state index contributed by atoms with van der Waals surface area (Å²) in [5.41, 5.74) is 0. The Labute approximate surface area is 86.3 Å². The molecule has 0 aliphatic rings. The first-order valence-electron chi connectivity index (χ1n) is 4.03. The summed E-state index contributed by atoms with van der Waals surface area (Å²) in [6, 6.07) is 10.6. The van der Waals surface area contributed by atoms with Crippen LogP contribution < -0.4 is 0 Å². The van der Waals surface area contributed by atoms with Gasteiger partial charge in [0.1, 0.15) is 0 Å². The Kier molecular flexibility index (Phi) is 2.42. The molecule has 2 aromatic rings. The maximum atomic E-state index is 4.01. The fraction of sp³-hybridized carbons (Fsp3) is 0.0909. The van der Waals surface area contributed by atoms with Gasteiger partial charge < -0.3 is 0 Å². The van der Waals surface area contributed by atoms with Crippen LogP contribution in [0.4, 0.5) is 0 Å². The molecule has 0 nitrogen and oxygen atoms in total. The van der Waals surface area contributed by atoms with Gasteiger partial charge in [0.05, 0.1) is 0 Å². The fourth-order valence-corrected chi connectivity index (χ4v) is 2.78. The van der Waals surface area contributed by atoms with Crippen LogP contribution in [-0.4, -0.2) is 6.26 Å². The van der Waals surface area contributed by atoms with Crippen LogP contribution in [0.5, 0.6) is 0 Å². The summed E-state index contributed by atoms with van der Waals surface area (Å²) < 4.78 is 1.34. The molecule has 2 rings (SSSR count). The normalized spacial score (nSPS) is 10.5. The maximum absolute atomic E-state index is 4.01. The molecule has 1 aromatic carbocycles. The summed E-state index contributed by atoms with van der Waals surface area (Å²) in [7, 11) is 0. The highest BCUT2D eigenvalue weighted by Gasteiger charge is 2.02. The molecule has 0 spiro atoms. The maximum Gasteiger partial charge on any atom is 0.0412 e. The van der Waals surface area contributed by atoms with Crippen molar-refractivity contribution >= 4 is 38.1 Å². The molecular formula is C11H10S2. The van der Waals surface area contributed by atoms with Crippen LogP contribution in [0.2, 0.25) is 0 Å². The molecular weight excluding hydrogens is 196 g/mol. The Morgan fingerprint density at radius 2 is 2.15 bits per heavy atom. The minimum Gasteiger partial charge on any atom is -0.135 e. The predicted molar refractivity (Wildman–Crippen MR) is 64.4 cm³/mol. The standard InChI is InChI=1S/C11H10S2/c1-8(12-2)11-7-9-5-3-4-6-10(9)13-11/h3-7H,1H2,2H3. The molecule has 0 saturated carbocycles. The van der Waals surface area contributed by atoms with Crippen LogP contribution in [0.1, 0.15) is 4.88 Å². The van der Waals surface area contributed by atoms with E-state index in [2.05, 4.69) is 43.2 Å². The van der Waals surface area contributed by atoms with Gasteiger partial charge in [-0.1, -0.05) is 24.8 Å². The third kappa shape index (κ3) is 1.64. The van der Waals surface area contributed by atoms with Gasteiger partial charge in [-0.25, -0.2) is 0 Å². The molecule has 0 amide bonds. The minimum absolute atomic E-state index is 1.15. The Morgan fingerprint density at radius 3 is 2.85 bits per heavy atom. The largest absolute Gasteiger partial charge is 0.135 e. The van der Waals surface area contributed by atoms with Gasteiger partial charge in [0, 0.05) is 14.5 Å². The van der Waals surface area contributed by atoms with E-state index in [1.165, 1.54) is 15.0 Å². The Hall–Kier alpha value is -0.730. The molecule has 0 N–H and O–H groups in total. The van der Waals surface area contributed by atoms with Crippen LogP contribution in [0.3, 0.4) is 0 Å². The number of thioether (sulfide) groups is 1. The number of hydrogen-bond acceptors (Lipinski definition) is 2. The molecule has 0 aliphatic carbocycles. The second kappa shape index (κ2) is 3.56. The van der Waals surface area contributed by atoms with Crippen molar-refractivity contribution in [1.82, 2.24) is 0 Å². The molecule has 66 valence electrons. The SMILES string of the molecule is C=C(SC)c1cc2ccccc2s1. The zero-order valence-electron chi connectivity index (χ0n) is 7.41. The van der Waals surface area contributed by atoms with Crippen LogP contribution in [0.25, 0.3) is 15.0 Å². The lowest BCUT2D eigenvalue weighted by molar-refractivity contribution is 1.85. The van der Waals surface area contributed by atoms with Crippen LogP contribution in [0.15, 0.2) is 36.9 Å². The van der Waals surface area contributed by atoms with Crippen LogP contribution in [0, 0.1) is 0 Å². The van der Waals surface area contributed by atoms with E-state index in [4.69, 9.17) is 0 Å². The van der Waals surface area contributed by atoms with Crippen molar-refractivity contribution in [3.8, 4) is 0 Å². The molecule has 2 heteroatoms. The van der Waals surface area contributed by atoms with Gasteiger partial charge in [0.15, 0.2) is 0 Å². The van der Waals surface area contributed by atoms with Crippen LogP contribution >= 0.6 is 23.1 Å². The smallest absolute Gasteiger partial charge is 0.0412 e. The van der Waals surface area contributed by atoms with E-state index >= 15 is 0 Å². The molecule has 0 aliphatic heterocycles. The van der Waals surface area contributed by atoms with Crippen LogP contribution in [-0.2, 0) is 0 Å². The average Bonchev–Trinajstić information content (AvgIpc) is 2.59. The van der Waals surface area contributed by atoms with E-state index in [1.807, 2.05) is 11.3 Å². The zero-order valence-corrected chi connectivity index (χ0v) is 9.04. The van der Waals surface area contributed by atoms with Crippen molar-refractivity contribution in [2.24, 2.45) is 0 Å². The first kappa shape index (κ1) is 8.85. The molecule has 0 fully saturated rings. The van der Waals surface area contributed by atoms with E-state index in [0.717, 1.165) is 4.91 Å². The average molecular weight is 206 g/mol. The Bertz CT molecular complexity index is 407. The molecule has 0 radical (unpaired) electrons. The highest BCUT2D eigenvalue weighted by molar-refractivity contribution is 8.07. The molecule has 0 saturated heterocycles. The number of rotatable bonds is 2. The van der Waals surface area contributed by atoms with E-state index < -0.39 is 0 Å². The number of benzene rings is 1. The molecule has 1 aromatic heterocycles. The minimum atomic E-state index is 1.15. The summed E-state index contributed by atoms with van der Waals surface area (Å²) in [6.07, 6.45) is 2.06. The summed E-state index contributed by atoms with van der Waals surface area (Å²) in [4.78, 5) is 2.44. The molecule has 13 heavy (non-hydrogen) atoms. The van der Waals surface area contributed by atoms with Gasteiger partial charge in [0.2, 0.25) is 0 Å². The third-order valence-electron chi connectivity index (χ3n) is 1.95. The first-order valence-corrected chi connectivity index (χ1v) is 6.07. The lowest BCUT2D eigenvalue weighted by atomic mass is 10.2. The van der Waals surface area contributed by atoms with E-state index in [-0.39, 0.29) is 0 Å². The predicted octanol–water partition coefficient (Wildman–Crippen LogP) is 4.24. The highest BCUT2D eigenvalue weighted by Crippen LogP contribution is 2.33. The Morgan fingerprint density at radius 1 is 1.38 bits per heavy atom. The summed E-state index contributed by atoms with van der Waals surface area (Å²) >= 11 is 3.52.